The fraction of sp³-hybridized carbons (Fsp3) is 0.400. The molecule has 7 heteroatoms. The van der Waals surface area contributed by atoms with E-state index in [1.165, 1.54) is 0 Å². The highest BCUT2D eigenvalue weighted by atomic mass is 35.5. The number of fused-ring (bicyclic) bond motifs is 1. The van der Waals surface area contributed by atoms with Gasteiger partial charge in [-0.2, -0.15) is 0 Å². The van der Waals surface area contributed by atoms with Crippen LogP contribution in [-0.2, 0) is 0 Å². The first-order valence-corrected chi connectivity index (χ1v) is 7.51. The Balaban J connectivity index is 2.53. The lowest BCUT2D eigenvalue weighted by Gasteiger charge is -2.20. The molecule has 0 aromatic carbocycles. The van der Waals surface area contributed by atoms with Crippen molar-refractivity contribution in [3.05, 3.63) is 29.0 Å². The monoisotopic (exact) mass is 323 g/mol. The lowest BCUT2D eigenvalue weighted by Crippen LogP contribution is -2.25. The van der Waals surface area contributed by atoms with E-state index >= 15 is 0 Å². The highest BCUT2D eigenvalue weighted by Gasteiger charge is 2.22. The van der Waals surface area contributed by atoms with Gasteiger partial charge < -0.3 is 15.5 Å². The Morgan fingerprint density at radius 2 is 2.27 bits per heavy atom. The summed E-state index contributed by atoms with van der Waals surface area (Å²) in [6.07, 6.45) is 4.19. The molecule has 0 unspecified atom stereocenters. The number of aliphatic hydroxyl groups excluding tert-OH is 1. The number of aromatic nitrogens is 2. The molecule has 22 heavy (non-hydrogen) atoms. The van der Waals surface area contributed by atoms with Crippen molar-refractivity contribution in [2.75, 3.05) is 11.9 Å². The molecule has 0 aliphatic rings. The Bertz CT molecular complexity index is 678. The van der Waals surface area contributed by atoms with Crippen molar-refractivity contribution < 1.29 is 15.0 Å². The van der Waals surface area contributed by atoms with E-state index in [0.29, 0.717) is 16.7 Å². The van der Waals surface area contributed by atoms with Crippen molar-refractivity contribution in [2.24, 2.45) is 0 Å². The second-order valence-corrected chi connectivity index (χ2v) is 5.35. The summed E-state index contributed by atoms with van der Waals surface area (Å²) >= 11 is 6.01. The van der Waals surface area contributed by atoms with E-state index < -0.39 is 5.97 Å². The van der Waals surface area contributed by atoms with E-state index in [1.54, 1.807) is 18.3 Å². The summed E-state index contributed by atoms with van der Waals surface area (Å²) in [6.45, 7) is 1.95. The number of hydrogen-bond acceptors (Lipinski definition) is 5. The molecule has 0 bridgehead atoms. The number of hydrogen-bond donors (Lipinski definition) is 3. The molecule has 2 heterocycles. The minimum Gasteiger partial charge on any atom is -0.478 e. The summed E-state index contributed by atoms with van der Waals surface area (Å²) in [7, 11) is 0. The second-order valence-electron chi connectivity index (χ2n) is 4.99. The van der Waals surface area contributed by atoms with E-state index in [-0.39, 0.29) is 23.4 Å². The van der Waals surface area contributed by atoms with Gasteiger partial charge in [0.1, 0.15) is 16.2 Å². The summed E-state index contributed by atoms with van der Waals surface area (Å²) < 4.78 is 0. The van der Waals surface area contributed by atoms with E-state index in [4.69, 9.17) is 11.6 Å². The van der Waals surface area contributed by atoms with Gasteiger partial charge in [-0.3, -0.25) is 4.98 Å². The Kier molecular flexibility index (Phi) is 5.51. The maximum Gasteiger partial charge on any atom is 0.341 e. The summed E-state index contributed by atoms with van der Waals surface area (Å²) in [5, 5.41) is 21.9. The molecule has 2 aromatic heterocycles. The van der Waals surface area contributed by atoms with Gasteiger partial charge in [-0.05, 0) is 18.6 Å². The molecule has 1 atom stereocenters. The normalized spacial score (nSPS) is 12.3. The maximum absolute atomic E-state index is 11.5. The number of halogens is 1. The molecule has 118 valence electrons. The number of carboxylic acids is 1. The van der Waals surface area contributed by atoms with Crippen molar-refractivity contribution in [3.8, 4) is 0 Å². The molecule has 2 aromatic rings. The first-order chi connectivity index (χ1) is 10.6. The zero-order chi connectivity index (χ0) is 16.1. The SMILES string of the molecule is CCCC[C@H](CO)Nc1c(C(=O)O)c(Cl)nc2cccnc12. The zero-order valence-corrected chi connectivity index (χ0v) is 13.0. The molecule has 0 fully saturated rings. The maximum atomic E-state index is 11.5. The van der Waals surface area contributed by atoms with E-state index in [0.717, 1.165) is 19.3 Å². The fourth-order valence-electron chi connectivity index (χ4n) is 2.26. The number of nitrogens with one attached hydrogen (secondary N) is 1. The molecular weight excluding hydrogens is 306 g/mol. The van der Waals surface area contributed by atoms with Crippen molar-refractivity contribution in [3.63, 3.8) is 0 Å². The third-order valence-electron chi connectivity index (χ3n) is 3.39. The largest absolute Gasteiger partial charge is 0.478 e. The third kappa shape index (κ3) is 3.45. The molecule has 0 saturated carbocycles. The number of pyridine rings is 2. The summed E-state index contributed by atoms with van der Waals surface area (Å²) in [6, 6.07) is 3.16. The predicted molar refractivity (Wildman–Crippen MR) is 85.5 cm³/mol. The molecule has 6 nitrogen and oxygen atoms in total. The van der Waals surface area contributed by atoms with Gasteiger partial charge in [0.2, 0.25) is 0 Å². The quantitative estimate of drug-likeness (QED) is 0.678. The van der Waals surface area contributed by atoms with Gasteiger partial charge in [0.05, 0.1) is 17.8 Å². The Hall–Kier alpha value is -1.92. The molecule has 0 radical (unpaired) electrons. The van der Waals surface area contributed by atoms with Crippen LogP contribution in [0.4, 0.5) is 5.69 Å². The second kappa shape index (κ2) is 7.38. The van der Waals surface area contributed by atoms with Crippen LogP contribution in [-0.4, -0.2) is 38.8 Å². The Morgan fingerprint density at radius 3 is 2.91 bits per heavy atom. The summed E-state index contributed by atoms with van der Waals surface area (Å²) in [5.74, 6) is -1.18. The standard InChI is InChI=1S/C15H18ClN3O3/c1-2-3-5-9(8-20)18-13-11(15(21)22)14(16)19-10-6-4-7-17-12(10)13/h4,6-7,9,20H,2-3,5,8H2,1H3,(H,18,19)(H,21,22)/t9-/m1/s1. The van der Waals surface area contributed by atoms with E-state index in [1.807, 2.05) is 0 Å². The van der Waals surface area contributed by atoms with E-state index in [2.05, 4.69) is 22.2 Å². The lowest BCUT2D eigenvalue weighted by molar-refractivity contribution is 0.0697. The van der Waals surface area contributed by atoms with Crippen LogP contribution in [0.25, 0.3) is 11.0 Å². The summed E-state index contributed by atoms with van der Waals surface area (Å²) in [5.41, 5.74) is 1.12. The number of carbonyl (C=O) groups is 1. The van der Waals surface area contributed by atoms with Crippen molar-refractivity contribution in [2.45, 2.75) is 32.2 Å². The number of carboxylic acid groups (broad SMARTS) is 1. The van der Waals surface area contributed by atoms with Crippen LogP contribution < -0.4 is 5.32 Å². The van der Waals surface area contributed by atoms with Gasteiger partial charge in [-0.1, -0.05) is 31.4 Å². The molecule has 3 N–H and O–H groups in total. The van der Waals surface area contributed by atoms with Gasteiger partial charge in [-0.25, -0.2) is 9.78 Å². The zero-order valence-electron chi connectivity index (χ0n) is 12.2. The van der Waals surface area contributed by atoms with Crippen molar-refractivity contribution in [1.82, 2.24) is 9.97 Å². The third-order valence-corrected chi connectivity index (χ3v) is 3.66. The minimum atomic E-state index is -1.18. The Morgan fingerprint density at radius 1 is 1.50 bits per heavy atom. The van der Waals surface area contributed by atoms with Gasteiger partial charge in [0.25, 0.3) is 0 Å². The number of unbranched alkanes of at least 4 members (excludes halogenated alkanes) is 1. The van der Waals surface area contributed by atoms with Crippen molar-refractivity contribution in [1.29, 1.82) is 0 Å². The number of aromatic carboxylic acids is 1. The number of aliphatic hydroxyl groups is 1. The first-order valence-electron chi connectivity index (χ1n) is 7.13. The average molecular weight is 324 g/mol. The van der Waals surface area contributed by atoms with Gasteiger partial charge in [-0.15, -0.1) is 0 Å². The van der Waals surface area contributed by atoms with Crippen LogP contribution in [0, 0.1) is 0 Å². The molecule has 0 saturated heterocycles. The van der Waals surface area contributed by atoms with Crippen LogP contribution in [0.5, 0.6) is 0 Å². The van der Waals surface area contributed by atoms with Crippen molar-refractivity contribution >= 4 is 34.3 Å². The molecule has 0 aliphatic carbocycles. The van der Waals surface area contributed by atoms with Crippen LogP contribution in [0.15, 0.2) is 18.3 Å². The highest BCUT2D eigenvalue weighted by Crippen LogP contribution is 2.30. The van der Waals surface area contributed by atoms with E-state index in [9.17, 15) is 15.0 Å². The molecule has 0 amide bonds. The topological polar surface area (TPSA) is 95.3 Å². The van der Waals surface area contributed by atoms with Crippen LogP contribution >= 0.6 is 11.6 Å². The lowest BCUT2D eigenvalue weighted by atomic mass is 10.1. The molecular formula is C15H18ClN3O3. The van der Waals surface area contributed by atoms with Gasteiger partial charge in [0, 0.05) is 12.2 Å². The number of nitrogens with zero attached hydrogens (tertiary/aromatic N) is 2. The summed E-state index contributed by atoms with van der Waals surface area (Å²) in [4.78, 5) is 19.8. The molecule has 2 rings (SSSR count). The minimum absolute atomic E-state index is 0.0947. The van der Waals surface area contributed by atoms with Crippen LogP contribution in [0.3, 0.4) is 0 Å². The van der Waals surface area contributed by atoms with Crippen LogP contribution in [0.1, 0.15) is 36.5 Å². The fourth-order valence-corrected chi connectivity index (χ4v) is 2.53. The number of anilines is 1. The van der Waals surface area contributed by atoms with Crippen LogP contribution in [0.2, 0.25) is 5.15 Å². The van der Waals surface area contributed by atoms with Gasteiger partial charge in [0.15, 0.2) is 0 Å². The molecule has 0 spiro atoms. The first kappa shape index (κ1) is 16.5. The predicted octanol–water partition coefficient (Wildman–Crippen LogP) is 2.94. The molecule has 0 aliphatic heterocycles. The smallest absolute Gasteiger partial charge is 0.341 e. The average Bonchev–Trinajstić information content (AvgIpc) is 2.50. The highest BCUT2D eigenvalue weighted by molar-refractivity contribution is 6.34. The number of rotatable bonds is 7. The Labute approximate surface area is 133 Å². The van der Waals surface area contributed by atoms with Gasteiger partial charge >= 0.3 is 5.97 Å².